The molecular weight excluding hydrogens is 210 g/mol. The van der Waals surface area contributed by atoms with Gasteiger partial charge in [0.1, 0.15) is 0 Å². The molecule has 5 heteroatoms. The number of thioether (sulfide) groups is 1. The highest BCUT2D eigenvalue weighted by atomic mass is 32.2. The molecule has 0 saturated carbocycles. The summed E-state index contributed by atoms with van der Waals surface area (Å²) in [6.45, 7) is 2.88. The Morgan fingerprint density at radius 2 is 2.50 bits per heavy atom. The van der Waals surface area contributed by atoms with Gasteiger partial charge in [0, 0.05) is 10.6 Å². The van der Waals surface area contributed by atoms with Crippen molar-refractivity contribution in [3.63, 3.8) is 0 Å². The maximum Gasteiger partial charge on any atom is 0.241 e. The lowest BCUT2D eigenvalue weighted by molar-refractivity contribution is 0.584. The number of thiophene rings is 1. The third kappa shape index (κ3) is 1.65. The first-order valence-electron chi connectivity index (χ1n) is 3.66. The summed E-state index contributed by atoms with van der Waals surface area (Å²) in [6.07, 6.45) is 0. The Morgan fingerprint density at radius 1 is 1.67 bits per heavy atom. The lowest BCUT2D eigenvalue weighted by Gasteiger charge is -2.04. The SMILES string of the molecule is Cc1cc2c(s1)[S+]([O-])NCCS2. The van der Waals surface area contributed by atoms with Crippen LogP contribution in [0.4, 0.5) is 0 Å². The van der Waals surface area contributed by atoms with Crippen molar-refractivity contribution in [3.05, 3.63) is 10.9 Å². The summed E-state index contributed by atoms with van der Waals surface area (Å²) >= 11 is 2.45. The van der Waals surface area contributed by atoms with Crippen molar-refractivity contribution in [2.45, 2.75) is 16.0 Å². The van der Waals surface area contributed by atoms with Crippen LogP contribution in [-0.4, -0.2) is 16.9 Å². The van der Waals surface area contributed by atoms with Crippen LogP contribution in [0.25, 0.3) is 0 Å². The second-order valence-corrected chi connectivity index (χ2v) is 6.41. The van der Waals surface area contributed by atoms with Crippen LogP contribution in [0.15, 0.2) is 15.2 Å². The van der Waals surface area contributed by atoms with Crippen molar-refractivity contribution in [1.82, 2.24) is 4.72 Å². The summed E-state index contributed by atoms with van der Waals surface area (Å²) in [5.41, 5.74) is 0. The Morgan fingerprint density at radius 3 is 3.33 bits per heavy atom. The fourth-order valence-corrected chi connectivity index (χ4v) is 4.93. The highest BCUT2D eigenvalue weighted by Gasteiger charge is 2.23. The second-order valence-electron chi connectivity index (χ2n) is 2.52. The number of hydrogen-bond donors (Lipinski definition) is 1. The van der Waals surface area contributed by atoms with Gasteiger partial charge in [-0.25, -0.2) is 0 Å². The number of aryl methyl sites for hydroxylation is 1. The van der Waals surface area contributed by atoms with Crippen LogP contribution in [0.1, 0.15) is 4.88 Å². The van der Waals surface area contributed by atoms with E-state index < -0.39 is 11.4 Å². The number of nitrogens with one attached hydrogen (secondary N) is 1. The molecule has 1 unspecified atom stereocenters. The summed E-state index contributed by atoms with van der Waals surface area (Å²) < 4.78 is 15.5. The topological polar surface area (TPSA) is 35.1 Å². The Bertz CT molecular complexity index is 286. The molecule has 66 valence electrons. The Labute approximate surface area is 83.1 Å². The van der Waals surface area contributed by atoms with Gasteiger partial charge in [-0.05, 0) is 13.0 Å². The lowest BCUT2D eigenvalue weighted by Crippen LogP contribution is -2.23. The first kappa shape index (κ1) is 8.90. The van der Waals surface area contributed by atoms with Crippen molar-refractivity contribution in [1.29, 1.82) is 0 Å². The Kier molecular flexibility index (Phi) is 2.66. The van der Waals surface area contributed by atoms with Crippen LogP contribution >= 0.6 is 23.1 Å². The van der Waals surface area contributed by atoms with Crippen LogP contribution in [0.2, 0.25) is 0 Å². The van der Waals surface area contributed by atoms with E-state index in [4.69, 9.17) is 0 Å². The molecule has 0 aromatic carbocycles. The largest absolute Gasteiger partial charge is 0.592 e. The van der Waals surface area contributed by atoms with Crippen molar-refractivity contribution in [3.8, 4) is 0 Å². The van der Waals surface area contributed by atoms with Gasteiger partial charge in [-0.15, -0.1) is 16.5 Å². The summed E-state index contributed by atoms with van der Waals surface area (Å²) in [4.78, 5) is 2.44. The zero-order chi connectivity index (χ0) is 8.55. The number of hydrogen-bond acceptors (Lipinski definition) is 4. The molecule has 2 nitrogen and oxygen atoms in total. The van der Waals surface area contributed by atoms with Gasteiger partial charge in [0.2, 0.25) is 4.21 Å². The number of fused-ring (bicyclic) bond motifs is 1. The molecule has 1 aromatic heterocycles. The van der Waals surface area contributed by atoms with E-state index in [1.54, 1.807) is 23.1 Å². The highest BCUT2D eigenvalue weighted by Crippen LogP contribution is 2.35. The van der Waals surface area contributed by atoms with Gasteiger partial charge in [0.15, 0.2) is 0 Å². The summed E-state index contributed by atoms with van der Waals surface area (Å²) in [5, 5.41) is 0. The van der Waals surface area contributed by atoms with Crippen LogP contribution in [0.5, 0.6) is 0 Å². The van der Waals surface area contributed by atoms with Gasteiger partial charge in [-0.2, -0.15) is 0 Å². The molecule has 0 bridgehead atoms. The van der Waals surface area contributed by atoms with Crippen molar-refractivity contribution in [2.75, 3.05) is 12.3 Å². The maximum absolute atomic E-state index is 11.5. The van der Waals surface area contributed by atoms with E-state index in [0.29, 0.717) is 0 Å². The van der Waals surface area contributed by atoms with Gasteiger partial charge in [-0.1, -0.05) is 11.3 Å². The quantitative estimate of drug-likeness (QED) is 0.675. The molecule has 0 spiro atoms. The van der Waals surface area contributed by atoms with E-state index in [0.717, 1.165) is 16.5 Å². The second kappa shape index (κ2) is 3.59. The summed E-state index contributed by atoms with van der Waals surface area (Å²) in [6, 6.07) is 2.12. The number of rotatable bonds is 0. The van der Waals surface area contributed by atoms with Crippen molar-refractivity contribution < 1.29 is 4.55 Å². The first-order chi connectivity index (χ1) is 5.77. The Hall–Kier alpha value is 0.320. The van der Waals surface area contributed by atoms with Crippen molar-refractivity contribution in [2.24, 2.45) is 0 Å². The molecular formula is C7H9NOS3. The molecule has 1 aliphatic rings. The average molecular weight is 219 g/mol. The molecule has 0 aliphatic carbocycles. The smallest absolute Gasteiger partial charge is 0.241 e. The highest BCUT2D eigenvalue weighted by molar-refractivity contribution is 8.01. The molecule has 2 rings (SSSR count). The van der Waals surface area contributed by atoms with Crippen LogP contribution in [0.3, 0.4) is 0 Å². The zero-order valence-electron chi connectivity index (χ0n) is 6.62. The first-order valence-corrected chi connectivity index (χ1v) is 6.61. The fourth-order valence-electron chi connectivity index (χ4n) is 1.06. The molecule has 1 aliphatic heterocycles. The van der Waals surface area contributed by atoms with E-state index in [9.17, 15) is 4.55 Å². The van der Waals surface area contributed by atoms with Gasteiger partial charge in [0.25, 0.3) is 0 Å². The van der Waals surface area contributed by atoms with Crippen LogP contribution in [0, 0.1) is 6.92 Å². The molecule has 0 saturated heterocycles. The predicted molar refractivity (Wildman–Crippen MR) is 54.2 cm³/mol. The van der Waals surface area contributed by atoms with Crippen LogP contribution < -0.4 is 4.72 Å². The summed E-state index contributed by atoms with van der Waals surface area (Å²) in [7, 11) is 0. The van der Waals surface area contributed by atoms with E-state index in [-0.39, 0.29) is 0 Å². The lowest BCUT2D eigenvalue weighted by atomic mass is 10.5. The minimum Gasteiger partial charge on any atom is -0.592 e. The molecule has 2 heterocycles. The standard InChI is InChI=1S/C7H9NOS3/c1-5-4-6-7(11-5)12(9)8-2-3-10-6/h4,8H,2-3H2,1H3. The van der Waals surface area contributed by atoms with Crippen LogP contribution in [-0.2, 0) is 11.4 Å². The minimum atomic E-state index is -0.964. The van der Waals surface area contributed by atoms with Gasteiger partial charge in [0.05, 0.1) is 22.8 Å². The van der Waals surface area contributed by atoms with E-state index >= 15 is 0 Å². The van der Waals surface area contributed by atoms with Gasteiger partial charge in [-0.3, -0.25) is 0 Å². The predicted octanol–water partition coefficient (Wildman–Crippen LogP) is 1.77. The molecule has 0 amide bonds. The molecule has 1 atom stereocenters. The third-order valence-electron chi connectivity index (χ3n) is 1.55. The van der Waals surface area contributed by atoms with Gasteiger partial charge < -0.3 is 4.55 Å². The molecule has 0 fully saturated rings. The van der Waals surface area contributed by atoms with E-state index in [1.165, 1.54) is 9.77 Å². The average Bonchev–Trinajstić information content (AvgIpc) is 2.33. The monoisotopic (exact) mass is 219 g/mol. The molecule has 12 heavy (non-hydrogen) atoms. The fraction of sp³-hybridized carbons (Fsp3) is 0.429. The molecule has 0 radical (unpaired) electrons. The summed E-state index contributed by atoms with van der Waals surface area (Å²) in [5.74, 6) is 1.01. The van der Waals surface area contributed by atoms with Gasteiger partial charge >= 0.3 is 0 Å². The zero-order valence-corrected chi connectivity index (χ0v) is 9.07. The van der Waals surface area contributed by atoms with Crippen molar-refractivity contribution >= 4 is 34.5 Å². The maximum atomic E-state index is 11.5. The van der Waals surface area contributed by atoms with E-state index in [2.05, 4.69) is 17.7 Å². The van der Waals surface area contributed by atoms with E-state index in [1.807, 2.05) is 0 Å². The molecule has 1 aromatic rings. The third-order valence-corrected chi connectivity index (χ3v) is 5.42. The normalized spacial score (nSPS) is 23.3. The minimum absolute atomic E-state index is 0.831. The molecule has 1 N–H and O–H groups in total. The Balaban J connectivity index is 2.38.